The van der Waals surface area contributed by atoms with Crippen LogP contribution in [-0.4, -0.2) is 9.78 Å². The van der Waals surface area contributed by atoms with Crippen LogP contribution < -0.4 is 0 Å². The Morgan fingerprint density at radius 2 is 1.61 bits per heavy atom. The average molecular weight is 242 g/mol. The zero-order valence-electron chi connectivity index (χ0n) is 12.2. The summed E-state index contributed by atoms with van der Waals surface area (Å²) in [7, 11) is 1.99. The highest BCUT2D eigenvalue weighted by molar-refractivity contribution is 5.68. The monoisotopic (exact) mass is 242 g/mol. The summed E-state index contributed by atoms with van der Waals surface area (Å²) in [6, 6.07) is 6.68. The van der Waals surface area contributed by atoms with E-state index >= 15 is 0 Å². The number of nitrogens with zero attached hydrogens (tertiary/aromatic N) is 2. The fourth-order valence-corrected chi connectivity index (χ4v) is 2.42. The maximum Gasteiger partial charge on any atom is 0.0684 e. The quantitative estimate of drug-likeness (QED) is 0.739. The summed E-state index contributed by atoms with van der Waals surface area (Å²) in [6.45, 7) is 11.1. The lowest BCUT2D eigenvalue weighted by Gasteiger charge is -2.22. The Bertz CT molecular complexity index is 548. The van der Waals surface area contributed by atoms with Crippen LogP contribution in [0.5, 0.6) is 0 Å². The van der Waals surface area contributed by atoms with Gasteiger partial charge in [0.25, 0.3) is 0 Å². The van der Waals surface area contributed by atoms with E-state index in [1.165, 1.54) is 27.9 Å². The maximum absolute atomic E-state index is 4.26. The molecule has 0 amide bonds. The molecule has 1 heterocycles. The van der Waals surface area contributed by atoms with Crippen LogP contribution >= 0.6 is 0 Å². The second-order valence-corrected chi connectivity index (χ2v) is 6.08. The van der Waals surface area contributed by atoms with Crippen LogP contribution in [0.1, 0.15) is 37.5 Å². The second kappa shape index (κ2) is 4.27. The van der Waals surface area contributed by atoms with Gasteiger partial charge in [-0.3, -0.25) is 4.68 Å². The Morgan fingerprint density at radius 1 is 1.06 bits per heavy atom. The molecule has 0 aliphatic heterocycles. The Balaban J connectivity index is 2.62. The van der Waals surface area contributed by atoms with Crippen molar-refractivity contribution >= 4 is 0 Å². The fraction of sp³-hybridized carbons (Fsp3) is 0.438. The minimum atomic E-state index is 0.195. The molecule has 0 N–H and O–H groups in total. The first kappa shape index (κ1) is 12.9. The molecule has 0 unspecified atom stereocenters. The van der Waals surface area contributed by atoms with E-state index < -0.39 is 0 Å². The van der Waals surface area contributed by atoms with Crippen molar-refractivity contribution in [1.29, 1.82) is 0 Å². The van der Waals surface area contributed by atoms with Gasteiger partial charge in [-0.1, -0.05) is 32.9 Å². The SMILES string of the molecule is Cc1cc(C(C)(C)C)cc(C)c1-c1ccnn1C. The molecule has 2 heteroatoms. The largest absolute Gasteiger partial charge is 0.268 e. The number of hydrogen-bond acceptors (Lipinski definition) is 1. The van der Waals surface area contributed by atoms with Gasteiger partial charge in [0.15, 0.2) is 0 Å². The molecule has 2 nitrogen and oxygen atoms in total. The highest BCUT2D eigenvalue weighted by atomic mass is 15.3. The van der Waals surface area contributed by atoms with Gasteiger partial charge in [0, 0.05) is 18.8 Å². The van der Waals surface area contributed by atoms with Gasteiger partial charge in [-0.25, -0.2) is 0 Å². The lowest BCUT2D eigenvalue weighted by atomic mass is 9.83. The molecule has 2 aromatic rings. The van der Waals surface area contributed by atoms with Crippen LogP contribution in [0.3, 0.4) is 0 Å². The van der Waals surface area contributed by atoms with Crippen molar-refractivity contribution in [1.82, 2.24) is 9.78 Å². The lowest BCUT2D eigenvalue weighted by Crippen LogP contribution is -2.12. The molecule has 18 heavy (non-hydrogen) atoms. The van der Waals surface area contributed by atoms with Gasteiger partial charge >= 0.3 is 0 Å². The first-order valence-electron chi connectivity index (χ1n) is 6.41. The minimum Gasteiger partial charge on any atom is -0.268 e. The van der Waals surface area contributed by atoms with Gasteiger partial charge in [-0.05, 0) is 42.0 Å². The number of aromatic nitrogens is 2. The van der Waals surface area contributed by atoms with Crippen molar-refractivity contribution in [2.75, 3.05) is 0 Å². The summed E-state index contributed by atoms with van der Waals surface area (Å²) in [6.07, 6.45) is 1.85. The van der Waals surface area contributed by atoms with Gasteiger partial charge in [-0.2, -0.15) is 5.10 Å². The summed E-state index contributed by atoms with van der Waals surface area (Å²) in [5.41, 5.74) is 6.73. The van der Waals surface area contributed by atoms with Crippen LogP contribution in [0.2, 0.25) is 0 Å². The molecule has 0 saturated heterocycles. The molecule has 2 rings (SSSR count). The molecule has 0 fully saturated rings. The minimum absolute atomic E-state index is 0.195. The van der Waals surface area contributed by atoms with E-state index in [1.807, 2.05) is 17.9 Å². The van der Waals surface area contributed by atoms with E-state index in [0.29, 0.717) is 0 Å². The molecule has 0 aliphatic carbocycles. The predicted octanol–water partition coefficient (Wildman–Crippen LogP) is 4.00. The molecule has 1 aromatic heterocycles. The first-order chi connectivity index (χ1) is 8.30. The predicted molar refractivity (Wildman–Crippen MR) is 76.8 cm³/mol. The summed E-state index contributed by atoms with van der Waals surface area (Å²) in [4.78, 5) is 0. The normalized spacial score (nSPS) is 11.9. The van der Waals surface area contributed by atoms with Gasteiger partial charge in [0.1, 0.15) is 0 Å². The highest BCUT2D eigenvalue weighted by Gasteiger charge is 2.17. The van der Waals surface area contributed by atoms with Gasteiger partial charge in [0.05, 0.1) is 5.69 Å². The van der Waals surface area contributed by atoms with E-state index in [4.69, 9.17) is 0 Å². The van der Waals surface area contributed by atoms with E-state index in [2.05, 4.69) is 57.9 Å². The molecular formula is C16H22N2. The third kappa shape index (κ3) is 2.20. The van der Waals surface area contributed by atoms with Gasteiger partial charge in [0.2, 0.25) is 0 Å². The maximum atomic E-state index is 4.26. The number of rotatable bonds is 1. The average Bonchev–Trinajstić information content (AvgIpc) is 2.62. The third-order valence-electron chi connectivity index (χ3n) is 3.48. The Hall–Kier alpha value is -1.57. The summed E-state index contributed by atoms with van der Waals surface area (Å²) < 4.78 is 1.94. The van der Waals surface area contributed by atoms with E-state index in [0.717, 1.165) is 0 Å². The lowest BCUT2D eigenvalue weighted by molar-refractivity contribution is 0.589. The first-order valence-corrected chi connectivity index (χ1v) is 6.41. The number of aryl methyl sites for hydroxylation is 3. The molecule has 0 atom stereocenters. The van der Waals surface area contributed by atoms with Gasteiger partial charge in [-0.15, -0.1) is 0 Å². The summed E-state index contributed by atoms with van der Waals surface area (Å²) in [5, 5.41) is 4.26. The molecular weight excluding hydrogens is 220 g/mol. The zero-order valence-corrected chi connectivity index (χ0v) is 12.2. The Morgan fingerprint density at radius 3 is 2.00 bits per heavy atom. The van der Waals surface area contributed by atoms with Crippen molar-refractivity contribution < 1.29 is 0 Å². The Kier molecular flexibility index (Phi) is 3.05. The Labute approximate surface area is 110 Å². The van der Waals surface area contributed by atoms with Crippen molar-refractivity contribution in [3.8, 4) is 11.3 Å². The molecule has 0 radical (unpaired) electrons. The number of hydrogen-bond donors (Lipinski definition) is 0. The topological polar surface area (TPSA) is 17.8 Å². The molecule has 0 spiro atoms. The van der Waals surface area contributed by atoms with Crippen LogP contribution in [0.25, 0.3) is 11.3 Å². The van der Waals surface area contributed by atoms with Crippen molar-refractivity contribution in [3.05, 3.63) is 41.1 Å². The molecule has 96 valence electrons. The summed E-state index contributed by atoms with van der Waals surface area (Å²) >= 11 is 0. The van der Waals surface area contributed by atoms with Crippen LogP contribution in [-0.2, 0) is 12.5 Å². The van der Waals surface area contributed by atoms with Crippen molar-refractivity contribution in [2.24, 2.45) is 7.05 Å². The third-order valence-corrected chi connectivity index (χ3v) is 3.48. The van der Waals surface area contributed by atoms with Crippen LogP contribution in [0, 0.1) is 13.8 Å². The van der Waals surface area contributed by atoms with Crippen molar-refractivity contribution in [3.63, 3.8) is 0 Å². The highest BCUT2D eigenvalue weighted by Crippen LogP contribution is 2.32. The molecule has 0 aliphatic rings. The van der Waals surface area contributed by atoms with E-state index in [1.54, 1.807) is 0 Å². The van der Waals surface area contributed by atoms with Crippen molar-refractivity contribution in [2.45, 2.75) is 40.0 Å². The molecule has 1 aromatic carbocycles. The summed E-state index contributed by atoms with van der Waals surface area (Å²) in [5.74, 6) is 0. The van der Waals surface area contributed by atoms with Crippen LogP contribution in [0.4, 0.5) is 0 Å². The smallest absolute Gasteiger partial charge is 0.0684 e. The second-order valence-electron chi connectivity index (χ2n) is 6.08. The number of benzene rings is 1. The van der Waals surface area contributed by atoms with Crippen LogP contribution in [0.15, 0.2) is 24.4 Å². The molecule has 0 saturated carbocycles. The standard InChI is InChI=1S/C16H22N2/c1-11-9-13(16(3,4)5)10-12(2)15(11)14-7-8-17-18(14)6/h7-10H,1-6H3. The van der Waals surface area contributed by atoms with E-state index in [-0.39, 0.29) is 5.41 Å². The van der Waals surface area contributed by atoms with E-state index in [9.17, 15) is 0 Å². The molecule has 0 bridgehead atoms. The fourth-order valence-electron chi connectivity index (χ4n) is 2.42. The zero-order chi connectivity index (χ0) is 13.5. The van der Waals surface area contributed by atoms with Gasteiger partial charge < -0.3 is 0 Å².